The van der Waals surface area contributed by atoms with Gasteiger partial charge in [-0.25, -0.2) is 0 Å². The molecule has 1 saturated heterocycles. The monoisotopic (exact) mass is 259 g/mol. The molecule has 1 aromatic rings. The van der Waals surface area contributed by atoms with Gasteiger partial charge >= 0.3 is 0 Å². The molecular weight excluding hydrogens is 242 g/mol. The van der Waals surface area contributed by atoms with Gasteiger partial charge in [-0.15, -0.1) is 0 Å². The largest absolute Gasteiger partial charge is 0.309 e. The minimum atomic E-state index is 0.347. The van der Waals surface area contributed by atoms with Crippen LogP contribution >= 0.6 is 23.4 Å². The van der Waals surface area contributed by atoms with Gasteiger partial charge in [0.1, 0.15) is 0 Å². The van der Waals surface area contributed by atoms with Gasteiger partial charge in [0.2, 0.25) is 0 Å². The Labute approximate surface area is 106 Å². The second kappa shape index (κ2) is 5.43. The standard InChI is InChI=1S/C11H18ClN3S/c1-3-13-10(8-4-5-16-7-8)11-9(12)6-14-15(11)2/h6,8,10,13H,3-5,7H2,1-2H3. The van der Waals surface area contributed by atoms with E-state index in [1.165, 1.54) is 17.9 Å². The normalized spacial score (nSPS) is 22.6. The van der Waals surface area contributed by atoms with Crippen molar-refractivity contribution in [3.63, 3.8) is 0 Å². The number of aryl methyl sites for hydroxylation is 1. The van der Waals surface area contributed by atoms with Crippen LogP contribution in [0.3, 0.4) is 0 Å². The van der Waals surface area contributed by atoms with Gasteiger partial charge in [-0.2, -0.15) is 16.9 Å². The zero-order chi connectivity index (χ0) is 11.5. The quantitative estimate of drug-likeness (QED) is 0.901. The molecule has 5 heteroatoms. The van der Waals surface area contributed by atoms with Gasteiger partial charge in [-0.3, -0.25) is 4.68 Å². The summed E-state index contributed by atoms with van der Waals surface area (Å²) < 4.78 is 1.90. The van der Waals surface area contributed by atoms with Crippen molar-refractivity contribution in [2.45, 2.75) is 19.4 Å². The van der Waals surface area contributed by atoms with E-state index in [1.807, 2.05) is 23.5 Å². The SMILES string of the molecule is CCNC(c1c(Cl)cnn1C)C1CCSC1. The summed E-state index contributed by atoms with van der Waals surface area (Å²) in [5.41, 5.74) is 1.14. The molecule has 1 aromatic heterocycles. The smallest absolute Gasteiger partial charge is 0.0834 e. The Balaban J connectivity index is 2.24. The topological polar surface area (TPSA) is 29.9 Å². The third-order valence-corrected chi connectivity index (χ3v) is 4.57. The Kier molecular flexibility index (Phi) is 4.16. The maximum atomic E-state index is 6.22. The number of hydrogen-bond acceptors (Lipinski definition) is 3. The Bertz CT molecular complexity index is 327. The highest BCUT2D eigenvalue weighted by molar-refractivity contribution is 7.99. The van der Waals surface area contributed by atoms with Crippen LogP contribution < -0.4 is 5.32 Å². The van der Waals surface area contributed by atoms with Crippen LogP contribution in [0.25, 0.3) is 0 Å². The lowest BCUT2D eigenvalue weighted by atomic mass is 9.96. The zero-order valence-electron chi connectivity index (χ0n) is 9.74. The lowest BCUT2D eigenvalue weighted by molar-refractivity contribution is 0.381. The van der Waals surface area contributed by atoms with E-state index in [4.69, 9.17) is 11.6 Å². The van der Waals surface area contributed by atoms with Crippen molar-refractivity contribution < 1.29 is 0 Å². The summed E-state index contributed by atoms with van der Waals surface area (Å²) >= 11 is 8.26. The van der Waals surface area contributed by atoms with E-state index in [0.29, 0.717) is 12.0 Å². The molecule has 0 aliphatic carbocycles. The fourth-order valence-corrected chi connectivity index (χ4v) is 3.87. The summed E-state index contributed by atoms with van der Waals surface area (Å²) in [5.74, 6) is 3.17. The molecule has 0 bridgehead atoms. The van der Waals surface area contributed by atoms with Crippen LogP contribution in [0.1, 0.15) is 25.1 Å². The van der Waals surface area contributed by atoms with E-state index in [1.54, 1.807) is 6.20 Å². The highest BCUT2D eigenvalue weighted by atomic mass is 35.5. The van der Waals surface area contributed by atoms with Crippen molar-refractivity contribution >= 4 is 23.4 Å². The third kappa shape index (κ3) is 2.39. The predicted octanol–water partition coefficient (Wildman–Crippen LogP) is 2.48. The van der Waals surface area contributed by atoms with Crippen molar-refractivity contribution in [3.8, 4) is 0 Å². The van der Waals surface area contributed by atoms with Crippen LogP contribution in [-0.4, -0.2) is 27.8 Å². The molecule has 0 radical (unpaired) electrons. The van der Waals surface area contributed by atoms with Gasteiger partial charge in [0.25, 0.3) is 0 Å². The molecule has 1 aliphatic heterocycles. The molecule has 1 fully saturated rings. The van der Waals surface area contributed by atoms with Crippen molar-refractivity contribution in [3.05, 3.63) is 16.9 Å². The molecule has 3 nitrogen and oxygen atoms in total. The average molecular weight is 260 g/mol. The highest BCUT2D eigenvalue weighted by Crippen LogP contribution is 2.36. The third-order valence-electron chi connectivity index (χ3n) is 3.09. The van der Waals surface area contributed by atoms with Crippen LogP contribution in [0.4, 0.5) is 0 Å². The summed E-state index contributed by atoms with van der Waals surface area (Å²) in [7, 11) is 1.97. The van der Waals surface area contributed by atoms with Crippen molar-refractivity contribution in [1.29, 1.82) is 0 Å². The van der Waals surface area contributed by atoms with Gasteiger partial charge in [-0.05, 0) is 30.4 Å². The molecule has 0 aromatic carbocycles. The molecule has 2 atom stereocenters. The van der Waals surface area contributed by atoms with Crippen molar-refractivity contribution in [2.24, 2.45) is 13.0 Å². The van der Waals surface area contributed by atoms with Gasteiger partial charge < -0.3 is 5.32 Å². The first kappa shape index (κ1) is 12.3. The minimum Gasteiger partial charge on any atom is -0.309 e. The lowest BCUT2D eigenvalue weighted by Crippen LogP contribution is -2.30. The first-order valence-electron chi connectivity index (χ1n) is 5.72. The molecule has 90 valence electrons. The molecule has 1 N–H and O–H groups in total. The molecule has 1 aliphatic rings. The maximum absolute atomic E-state index is 6.22. The summed E-state index contributed by atoms with van der Waals surface area (Å²) in [6.45, 7) is 3.10. The van der Waals surface area contributed by atoms with E-state index in [-0.39, 0.29) is 0 Å². The van der Waals surface area contributed by atoms with Crippen LogP contribution in [0.2, 0.25) is 5.02 Å². The molecule has 2 rings (SSSR count). The van der Waals surface area contributed by atoms with Crippen molar-refractivity contribution in [2.75, 3.05) is 18.1 Å². The van der Waals surface area contributed by atoms with Crippen LogP contribution in [-0.2, 0) is 7.05 Å². The first-order chi connectivity index (χ1) is 7.74. The molecule has 2 heterocycles. The predicted molar refractivity (Wildman–Crippen MR) is 70.1 cm³/mol. The minimum absolute atomic E-state index is 0.347. The second-order valence-corrected chi connectivity index (χ2v) is 5.72. The molecule has 0 amide bonds. The molecule has 16 heavy (non-hydrogen) atoms. The van der Waals surface area contributed by atoms with E-state index in [0.717, 1.165) is 17.3 Å². The molecule has 0 saturated carbocycles. The van der Waals surface area contributed by atoms with Crippen molar-refractivity contribution in [1.82, 2.24) is 15.1 Å². The zero-order valence-corrected chi connectivity index (χ0v) is 11.3. The summed E-state index contributed by atoms with van der Waals surface area (Å²) in [5, 5.41) is 8.56. The molecule has 0 spiro atoms. The van der Waals surface area contributed by atoms with Crippen LogP contribution in [0, 0.1) is 5.92 Å². The van der Waals surface area contributed by atoms with Gasteiger partial charge in [0.15, 0.2) is 0 Å². The maximum Gasteiger partial charge on any atom is 0.0834 e. The van der Waals surface area contributed by atoms with Gasteiger partial charge in [0.05, 0.1) is 23.0 Å². The van der Waals surface area contributed by atoms with Crippen LogP contribution in [0.15, 0.2) is 6.20 Å². The number of aromatic nitrogens is 2. The van der Waals surface area contributed by atoms with E-state index in [9.17, 15) is 0 Å². The van der Waals surface area contributed by atoms with Gasteiger partial charge in [-0.1, -0.05) is 18.5 Å². The number of nitrogens with zero attached hydrogens (tertiary/aromatic N) is 2. The number of thioether (sulfide) groups is 1. The summed E-state index contributed by atoms with van der Waals surface area (Å²) in [4.78, 5) is 0. The lowest BCUT2D eigenvalue weighted by Gasteiger charge is -2.24. The summed E-state index contributed by atoms with van der Waals surface area (Å²) in [6, 6.07) is 0.347. The Morgan fingerprint density at radius 3 is 3.06 bits per heavy atom. The summed E-state index contributed by atoms with van der Waals surface area (Å²) in [6.07, 6.45) is 3.01. The van der Waals surface area contributed by atoms with E-state index in [2.05, 4.69) is 17.3 Å². The Hall–Kier alpha value is -0.190. The fourth-order valence-electron chi connectivity index (χ4n) is 2.29. The molecular formula is C11H18ClN3S. The second-order valence-electron chi connectivity index (χ2n) is 4.16. The molecule has 2 unspecified atom stereocenters. The number of rotatable bonds is 4. The van der Waals surface area contributed by atoms with Crippen LogP contribution in [0.5, 0.6) is 0 Å². The fraction of sp³-hybridized carbons (Fsp3) is 0.727. The highest BCUT2D eigenvalue weighted by Gasteiger charge is 2.29. The Morgan fingerprint density at radius 1 is 1.75 bits per heavy atom. The Morgan fingerprint density at radius 2 is 2.56 bits per heavy atom. The van der Waals surface area contributed by atoms with E-state index >= 15 is 0 Å². The van der Waals surface area contributed by atoms with Gasteiger partial charge in [0, 0.05) is 7.05 Å². The van der Waals surface area contributed by atoms with E-state index < -0.39 is 0 Å². The average Bonchev–Trinajstić information content (AvgIpc) is 2.87. The first-order valence-corrected chi connectivity index (χ1v) is 7.25. The number of hydrogen-bond donors (Lipinski definition) is 1. The number of halogens is 1. The number of nitrogens with one attached hydrogen (secondary N) is 1.